The third kappa shape index (κ3) is 3.69. The number of aryl methyl sites for hydroxylation is 2. The van der Waals surface area contributed by atoms with Crippen LogP contribution >= 0.6 is 0 Å². The molecular formula is C15H15FN2O4. The van der Waals surface area contributed by atoms with E-state index in [0.29, 0.717) is 17.0 Å². The van der Waals surface area contributed by atoms with E-state index in [4.69, 9.17) is 9.26 Å². The minimum atomic E-state index is -0.674. The molecule has 0 fully saturated rings. The lowest BCUT2D eigenvalue weighted by molar-refractivity contribution is -0.143. The summed E-state index contributed by atoms with van der Waals surface area (Å²) in [4.78, 5) is 23.3. The molecule has 22 heavy (non-hydrogen) atoms. The van der Waals surface area contributed by atoms with E-state index in [1.54, 1.807) is 13.8 Å². The van der Waals surface area contributed by atoms with Crippen LogP contribution in [-0.4, -0.2) is 23.6 Å². The van der Waals surface area contributed by atoms with Crippen molar-refractivity contribution < 1.29 is 23.2 Å². The number of nitrogens with one attached hydrogen (secondary N) is 1. The van der Waals surface area contributed by atoms with E-state index in [1.165, 1.54) is 24.3 Å². The van der Waals surface area contributed by atoms with Crippen molar-refractivity contribution in [1.82, 2.24) is 10.5 Å². The fourth-order valence-corrected chi connectivity index (χ4v) is 1.80. The van der Waals surface area contributed by atoms with Crippen LogP contribution in [0.1, 0.15) is 27.4 Å². The van der Waals surface area contributed by atoms with Crippen LogP contribution in [0.3, 0.4) is 0 Å². The van der Waals surface area contributed by atoms with E-state index in [1.807, 2.05) is 0 Å². The van der Waals surface area contributed by atoms with Crippen molar-refractivity contribution in [3.05, 3.63) is 52.7 Å². The van der Waals surface area contributed by atoms with Crippen LogP contribution in [0.2, 0.25) is 0 Å². The van der Waals surface area contributed by atoms with E-state index in [2.05, 4.69) is 10.5 Å². The van der Waals surface area contributed by atoms with Gasteiger partial charge in [-0.25, -0.2) is 4.39 Å². The van der Waals surface area contributed by atoms with Crippen molar-refractivity contribution in [3.8, 4) is 0 Å². The first-order valence-electron chi connectivity index (χ1n) is 6.59. The third-order valence-corrected chi connectivity index (χ3v) is 3.07. The van der Waals surface area contributed by atoms with Crippen LogP contribution in [0.4, 0.5) is 4.39 Å². The van der Waals surface area contributed by atoms with Crippen molar-refractivity contribution in [1.29, 1.82) is 0 Å². The summed E-state index contributed by atoms with van der Waals surface area (Å²) in [6.07, 6.45) is 0. The highest BCUT2D eigenvalue weighted by Crippen LogP contribution is 2.13. The Morgan fingerprint density at radius 3 is 2.68 bits per heavy atom. The number of hydrogen-bond donors (Lipinski definition) is 1. The van der Waals surface area contributed by atoms with Crippen LogP contribution < -0.4 is 5.32 Å². The molecule has 1 amide bonds. The van der Waals surface area contributed by atoms with Gasteiger partial charge < -0.3 is 14.6 Å². The zero-order valence-corrected chi connectivity index (χ0v) is 12.2. The monoisotopic (exact) mass is 306 g/mol. The summed E-state index contributed by atoms with van der Waals surface area (Å²) in [5.74, 6) is -1.39. The number of hydrogen-bond acceptors (Lipinski definition) is 5. The van der Waals surface area contributed by atoms with Crippen LogP contribution in [-0.2, 0) is 16.1 Å². The first-order chi connectivity index (χ1) is 10.5. The maximum atomic E-state index is 13.4. The van der Waals surface area contributed by atoms with Gasteiger partial charge >= 0.3 is 5.97 Å². The summed E-state index contributed by atoms with van der Waals surface area (Å²) in [6.45, 7) is 3.11. The van der Waals surface area contributed by atoms with Gasteiger partial charge in [0.15, 0.2) is 0 Å². The highest BCUT2D eigenvalue weighted by molar-refractivity contribution is 5.96. The molecule has 1 heterocycles. The normalized spacial score (nSPS) is 10.3. The molecule has 1 aromatic carbocycles. The number of ether oxygens (including phenoxy) is 1. The van der Waals surface area contributed by atoms with Crippen molar-refractivity contribution in [2.24, 2.45) is 0 Å². The molecule has 0 saturated carbocycles. The second-order valence-electron chi connectivity index (χ2n) is 4.63. The number of amides is 1. The first-order valence-corrected chi connectivity index (χ1v) is 6.59. The summed E-state index contributed by atoms with van der Waals surface area (Å²) in [6, 6.07) is 5.52. The lowest BCUT2D eigenvalue weighted by Gasteiger charge is -2.07. The second kappa shape index (κ2) is 6.84. The summed E-state index contributed by atoms with van der Waals surface area (Å²) < 4.78 is 23.4. The van der Waals surface area contributed by atoms with Crippen molar-refractivity contribution >= 4 is 11.9 Å². The van der Waals surface area contributed by atoms with Gasteiger partial charge in [0.25, 0.3) is 5.91 Å². The Morgan fingerprint density at radius 2 is 2.05 bits per heavy atom. The minimum Gasteiger partial charge on any atom is -0.459 e. The van der Waals surface area contributed by atoms with Crippen LogP contribution in [0, 0.1) is 19.7 Å². The maximum Gasteiger partial charge on any atom is 0.325 e. The van der Waals surface area contributed by atoms with Crippen molar-refractivity contribution in [3.63, 3.8) is 0 Å². The zero-order valence-electron chi connectivity index (χ0n) is 12.2. The van der Waals surface area contributed by atoms with Gasteiger partial charge in [-0.3, -0.25) is 9.59 Å². The fraction of sp³-hybridized carbons (Fsp3) is 0.267. The Hall–Kier alpha value is -2.70. The molecule has 0 unspecified atom stereocenters. The van der Waals surface area contributed by atoms with Crippen LogP contribution in [0.15, 0.2) is 28.8 Å². The van der Waals surface area contributed by atoms with Gasteiger partial charge in [0.05, 0.1) is 16.8 Å². The molecule has 6 nitrogen and oxygen atoms in total. The summed E-state index contributed by atoms with van der Waals surface area (Å²) >= 11 is 0. The predicted octanol–water partition coefficient (Wildman–Crippen LogP) is 1.90. The molecule has 0 bridgehead atoms. The number of aromatic nitrogens is 1. The first kappa shape index (κ1) is 15.7. The zero-order chi connectivity index (χ0) is 16.1. The smallest absolute Gasteiger partial charge is 0.325 e. The van der Waals surface area contributed by atoms with Gasteiger partial charge in [-0.2, -0.15) is 0 Å². The molecule has 1 N–H and O–H groups in total. The minimum absolute atomic E-state index is 0.00949. The number of carbonyl (C=O) groups excluding carboxylic acids is 2. The van der Waals surface area contributed by atoms with Gasteiger partial charge in [0.1, 0.15) is 24.7 Å². The molecule has 0 saturated heterocycles. The molecule has 116 valence electrons. The standard InChI is InChI=1S/C15H15FN2O4/c1-9-12(10(2)22-18-9)8-21-14(19)7-17-15(20)11-5-3-4-6-13(11)16/h3-6H,7-8H2,1-2H3,(H,17,20). The van der Waals surface area contributed by atoms with Crippen LogP contribution in [0.25, 0.3) is 0 Å². The van der Waals surface area contributed by atoms with E-state index >= 15 is 0 Å². The molecule has 0 aliphatic carbocycles. The Balaban J connectivity index is 1.83. The number of nitrogens with zero attached hydrogens (tertiary/aromatic N) is 1. The fourth-order valence-electron chi connectivity index (χ4n) is 1.80. The van der Waals surface area contributed by atoms with E-state index < -0.39 is 17.7 Å². The average Bonchev–Trinajstić information content (AvgIpc) is 2.82. The Morgan fingerprint density at radius 1 is 1.32 bits per heavy atom. The molecule has 0 radical (unpaired) electrons. The molecule has 0 aliphatic rings. The van der Waals surface area contributed by atoms with E-state index in [0.717, 1.165) is 0 Å². The van der Waals surface area contributed by atoms with Crippen molar-refractivity contribution in [2.45, 2.75) is 20.5 Å². The molecule has 7 heteroatoms. The number of halogens is 1. The van der Waals surface area contributed by atoms with E-state index in [9.17, 15) is 14.0 Å². The number of rotatable bonds is 5. The van der Waals surface area contributed by atoms with Crippen LogP contribution in [0.5, 0.6) is 0 Å². The van der Waals surface area contributed by atoms with Crippen molar-refractivity contribution in [2.75, 3.05) is 6.54 Å². The molecule has 0 aliphatic heterocycles. The van der Waals surface area contributed by atoms with Gasteiger partial charge in [-0.15, -0.1) is 0 Å². The largest absolute Gasteiger partial charge is 0.459 e. The predicted molar refractivity (Wildman–Crippen MR) is 74.5 cm³/mol. The highest BCUT2D eigenvalue weighted by atomic mass is 19.1. The molecule has 0 atom stereocenters. The van der Waals surface area contributed by atoms with Gasteiger partial charge in [0, 0.05) is 0 Å². The quantitative estimate of drug-likeness (QED) is 0.853. The number of benzene rings is 1. The Bertz CT molecular complexity index is 677. The maximum absolute atomic E-state index is 13.4. The van der Waals surface area contributed by atoms with Gasteiger partial charge in [0.2, 0.25) is 0 Å². The number of carbonyl (C=O) groups is 2. The molecule has 0 spiro atoms. The number of esters is 1. The summed E-state index contributed by atoms with van der Waals surface area (Å²) in [7, 11) is 0. The Labute approximate surface area is 126 Å². The summed E-state index contributed by atoms with van der Waals surface area (Å²) in [5, 5.41) is 6.05. The Kier molecular flexibility index (Phi) is 4.88. The third-order valence-electron chi connectivity index (χ3n) is 3.07. The topological polar surface area (TPSA) is 81.4 Å². The molecule has 1 aromatic heterocycles. The SMILES string of the molecule is Cc1noc(C)c1COC(=O)CNC(=O)c1ccccc1F. The van der Waals surface area contributed by atoms with E-state index in [-0.39, 0.29) is 18.7 Å². The molecule has 2 rings (SSSR count). The second-order valence-corrected chi connectivity index (χ2v) is 4.63. The lowest BCUT2D eigenvalue weighted by Crippen LogP contribution is -2.31. The highest BCUT2D eigenvalue weighted by Gasteiger charge is 2.14. The summed E-state index contributed by atoms with van der Waals surface area (Å²) in [5.41, 5.74) is 1.20. The molecular weight excluding hydrogens is 291 g/mol. The van der Waals surface area contributed by atoms with Gasteiger partial charge in [-0.05, 0) is 26.0 Å². The molecule has 2 aromatic rings. The average molecular weight is 306 g/mol. The lowest BCUT2D eigenvalue weighted by atomic mass is 10.2. The van der Waals surface area contributed by atoms with Gasteiger partial charge in [-0.1, -0.05) is 17.3 Å².